The minimum atomic E-state index is -1.15. The first-order valence-corrected chi connectivity index (χ1v) is 19.7. The van der Waals surface area contributed by atoms with Crippen LogP contribution >= 0.6 is 0 Å². The third kappa shape index (κ3) is 7.05. The molecule has 4 rings (SSSR count). The highest BCUT2D eigenvalue weighted by Gasteiger charge is 2.66. The molecule has 2 saturated carbocycles. The fraction of sp³-hybridized carbons (Fsp3) is 0.714. The van der Waals surface area contributed by atoms with Crippen molar-refractivity contribution >= 4 is 8.07 Å². The summed E-state index contributed by atoms with van der Waals surface area (Å²) in [4.78, 5) is 10.6. The number of ether oxygens (including phenoxy) is 3. The largest absolute Gasteiger partial charge is 0.490 e. The molecule has 0 bridgehead atoms. The minimum Gasteiger partial charge on any atom is -0.490 e. The Kier molecular flexibility index (Phi) is 10.2. The monoisotopic (exact) mass is 597 g/mol. The summed E-state index contributed by atoms with van der Waals surface area (Å²) in [6.45, 7) is 25.0. The second kappa shape index (κ2) is 13.0. The van der Waals surface area contributed by atoms with Crippen LogP contribution in [0.4, 0.5) is 0 Å². The number of allylic oxidation sites excluding steroid dienone is 3. The predicted molar refractivity (Wildman–Crippen MR) is 173 cm³/mol. The maximum Gasteiger partial charge on any atom is 0.207 e. The maximum absolute atomic E-state index is 10.9. The average molecular weight is 598 g/mol. The van der Waals surface area contributed by atoms with E-state index in [2.05, 4.69) is 73.0 Å². The van der Waals surface area contributed by atoms with Gasteiger partial charge in [-0.1, -0.05) is 77.2 Å². The van der Waals surface area contributed by atoms with Gasteiger partial charge in [0.1, 0.15) is 18.6 Å². The molecule has 1 aromatic rings. The lowest BCUT2D eigenvalue weighted by molar-refractivity contribution is -0.479. The summed E-state index contributed by atoms with van der Waals surface area (Å²) < 4.78 is 19.4. The molecular formula is C35H55NO5Si. The molecule has 3 aliphatic carbocycles. The lowest BCUT2D eigenvalue weighted by Gasteiger charge is -2.50. The third-order valence-corrected chi connectivity index (χ3v) is 12.4. The molecular weight excluding hydrogens is 542 g/mol. The molecule has 0 aliphatic heterocycles. The van der Waals surface area contributed by atoms with Crippen molar-refractivity contribution in [3.05, 3.63) is 64.2 Å². The molecule has 2 fully saturated rings. The van der Waals surface area contributed by atoms with E-state index < -0.39 is 8.07 Å². The van der Waals surface area contributed by atoms with E-state index >= 15 is 0 Å². The molecule has 234 valence electrons. The lowest BCUT2D eigenvalue weighted by Crippen LogP contribution is -2.46. The van der Waals surface area contributed by atoms with Gasteiger partial charge in [-0.2, -0.15) is 0 Å². The molecule has 42 heavy (non-hydrogen) atoms. The Bertz CT molecular complexity index is 1130. The Morgan fingerprint density at radius 1 is 1.14 bits per heavy atom. The van der Waals surface area contributed by atoms with Gasteiger partial charge in [0.25, 0.3) is 0 Å². The molecule has 0 radical (unpaired) electrons. The zero-order chi connectivity index (χ0) is 30.9. The van der Waals surface area contributed by atoms with Crippen molar-refractivity contribution < 1.29 is 19.1 Å². The van der Waals surface area contributed by atoms with E-state index in [0.717, 1.165) is 24.0 Å². The molecule has 0 amide bonds. The van der Waals surface area contributed by atoms with E-state index in [1.54, 1.807) is 0 Å². The molecule has 0 heterocycles. The van der Waals surface area contributed by atoms with Crippen LogP contribution in [-0.4, -0.2) is 45.7 Å². The molecule has 0 unspecified atom stereocenters. The Labute approximate surface area is 255 Å². The summed E-state index contributed by atoms with van der Waals surface area (Å²) in [7, 11) is -1.15. The normalized spacial score (nSPS) is 36.1. The van der Waals surface area contributed by atoms with Crippen LogP contribution in [0.3, 0.4) is 0 Å². The van der Waals surface area contributed by atoms with E-state index in [1.807, 2.05) is 24.3 Å². The van der Waals surface area contributed by atoms with Crippen LogP contribution in [0.15, 0.2) is 48.6 Å². The van der Waals surface area contributed by atoms with Crippen molar-refractivity contribution in [1.29, 1.82) is 0 Å². The van der Waals surface area contributed by atoms with Crippen LogP contribution < -0.4 is 4.74 Å². The zero-order valence-corrected chi connectivity index (χ0v) is 28.4. The molecule has 9 atom stereocenters. The van der Waals surface area contributed by atoms with E-state index in [4.69, 9.17) is 14.2 Å². The van der Waals surface area contributed by atoms with Gasteiger partial charge in [0.2, 0.25) is 6.54 Å². The first-order chi connectivity index (χ1) is 19.7. The molecule has 6 nitrogen and oxygen atoms in total. The summed E-state index contributed by atoms with van der Waals surface area (Å²) in [5, 5.41) is 10.9. The fourth-order valence-corrected chi connectivity index (χ4v) is 9.88. The highest BCUT2D eigenvalue weighted by Crippen LogP contribution is 2.68. The van der Waals surface area contributed by atoms with Crippen molar-refractivity contribution in [2.75, 3.05) is 26.6 Å². The quantitative estimate of drug-likeness (QED) is 0.0571. The van der Waals surface area contributed by atoms with Crippen LogP contribution in [0.25, 0.3) is 0 Å². The molecule has 0 aromatic heterocycles. The number of rotatable bonds is 13. The second-order valence-electron chi connectivity index (χ2n) is 15.4. The summed E-state index contributed by atoms with van der Waals surface area (Å²) in [5.41, 5.74) is 2.34. The molecule has 3 aliphatic rings. The Morgan fingerprint density at radius 3 is 2.45 bits per heavy atom. The van der Waals surface area contributed by atoms with E-state index in [1.165, 1.54) is 18.4 Å². The average Bonchev–Trinajstić information content (AvgIpc) is 3.14. The molecule has 0 spiro atoms. The van der Waals surface area contributed by atoms with Gasteiger partial charge >= 0.3 is 0 Å². The van der Waals surface area contributed by atoms with Gasteiger partial charge in [0, 0.05) is 49.2 Å². The Morgan fingerprint density at radius 2 is 1.83 bits per heavy atom. The number of nitrogens with zero attached hydrogens (tertiary/aromatic N) is 1. The molecule has 0 saturated heterocycles. The van der Waals surface area contributed by atoms with Crippen LogP contribution in [0.5, 0.6) is 5.75 Å². The number of hydrogen-bond donors (Lipinski definition) is 0. The van der Waals surface area contributed by atoms with Crippen LogP contribution in [0.1, 0.15) is 53.0 Å². The number of hydrogen-bond acceptors (Lipinski definition) is 5. The molecule has 0 N–H and O–H groups in total. The third-order valence-electron chi connectivity index (χ3n) is 10.7. The van der Waals surface area contributed by atoms with Gasteiger partial charge in [-0.3, -0.25) is 10.1 Å². The maximum atomic E-state index is 10.9. The van der Waals surface area contributed by atoms with Crippen LogP contribution in [0, 0.1) is 56.5 Å². The Balaban J connectivity index is 1.64. The molecule has 7 heteroatoms. The van der Waals surface area contributed by atoms with Gasteiger partial charge in [0.15, 0.2) is 0 Å². The zero-order valence-electron chi connectivity index (χ0n) is 27.4. The van der Waals surface area contributed by atoms with E-state index in [9.17, 15) is 10.1 Å². The van der Waals surface area contributed by atoms with Crippen molar-refractivity contribution in [3.63, 3.8) is 0 Å². The topological polar surface area (TPSA) is 70.8 Å². The van der Waals surface area contributed by atoms with Gasteiger partial charge in [-0.25, -0.2) is 0 Å². The number of nitro groups is 1. The van der Waals surface area contributed by atoms with Gasteiger partial charge < -0.3 is 14.2 Å². The lowest BCUT2D eigenvalue weighted by atomic mass is 9.54. The highest BCUT2D eigenvalue weighted by atomic mass is 28.3. The summed E-state index contributed by atoms with van der Waals surface area (Å²) >= 11 is 0. The van der Waals surface area contributed by atoms with Gasteiger partial charge in [-0.15, -0.1) is 6.58 Å². The number of fused-ring (bicyclic) bond motifs is 3. The minimum absolute atomic E-state index is 0.0384. The number of benzene rings is 1. The second-order valence-corrected chi connectivity index (χ2v) is 21.0. The fourth-order valence-electron chi connectivity index (χ4n) is 9.13. The van der Waals surface area contributed by atoms with Crippen LogP contribution in [-0.2, 0) is 15.9 Å². The van der Waals surface area contributed by atoms with E-state index in [-0.39, 0.29) is 40.2 Å². The van der Waals surface area contributed by atoms with Crippen LogP contribution in [0.2, 0.25) is 25.7 Å². The van der Waals surface area contributed by atoms with Gasteiger partial charge in [-0.05, 0) is 66.7 Å². The van der Waals surface area contributed by atoms with Gasteiger partial charge in [0.05, 0.1) is 6.61 Å². The SMILES string of the molecule is C=C[C@]1(C)C=C(C)[C@H]2[C@@H]([C@@H](Oc3ccc(CC[N+](=O)[O-])cc3)[C@H]3[C@H](C)C[C@H](C)C[C@@]32C)[C@@H]1COCOCC[Si](C)(C)C. The van der Waals surface area contributed by atoms with Crippen molar-refractivity contribution in [2.24, 2.45) is 46.3 Å². The molecule has 1 aromatic carbocycles. The Hall–Kier alpha value is -1.96. The summed E-state index contributed by atoms with van der Waals surface area (Å²) in [6, 6.07) is 9.11. The highest BCUT2D eigenvalue weighted by molar-refractivity contribution is 6.76. The first-order valence-electron chi connectivity index (χ1n) is 16.0. The smallest absolute Gasteiger partial charge is 0.207 e. The summed E-state index contributed by atoms with van der Waals surface area (Å²) in [6.07, 6.45) is 7.47. The standard InChI is InChI=1S/C35H55NO5Si/c1-10-34(5)21-26(4)31-30(29(34)22-40-23-39-17-18-42(7,8)9)33(32-25(3)19-24(2)20-35(31,32)6)41-28-13-11-27(12-14-28)15-16-36(37)38/h10-14,21,24-25,29-33H,1,15-20,22-23H2,2-9H3/t24-,25+,29-,30-,31-,32+,33+,34+,35+/m0/s1. The van der Waals surface area contributed by atoms with Crippen molar-refractivity contribution in [2.45, 2.75) is 85.7 Å². The summed E-state index contributed by atoms with van der Waals surface area (Å²) in [5.74, 6) is 3.38. The first kappa shape index (κ1) is 32.9. The van der Waals surface area contributed by atoms with Crippen molar-refractivity contribution in [3.8, 4) is 5.75 Å². The predicted octanol–water partition coefficient (Wildman–Crippen LogP) is 8.29. The van der Waals surface area contributed by atoms with E-state index in [0.29, 0.717) is 43.5 Å². The van der Waals surface area contributed by atoms with Crippen molar-refractivity contribution in [1.82, 2.24) is 0 Å².